The highest BCUT2D eigenvalue weighted by Gasteiger charge is 2.22. The lowest BCUT2D eigenvalue weighted by atomic mass is 10.4. The first-order chi connectivity index (χ1) is 6.68. The molecule has 1 aromatic heterocycles. The number of carbonyl (C=O) groups excluding carboxylic acids is 1. The summed E-state index contributed by atoms with van der Waals surface area (Å²) in [6.07, 6.45) is 1.70. The van der Waals surface area contributed by atoms with Crippen LogP contribution in [0.1, 0.15) is 5.82 Å². The van der Waals surface area contributed by atoms with Crippen LogP contribution in [0.15, 0.2) is 6.33 Å². The molecule has 1 aliphatic heterocycles. The van der Waals surface area contributed by atoms with Gasteiger partial charge >= 0.3 is 6.03 Å². The highest BCUT2D eigenvalue weighted by Crippen LogP contribution is 2.09. The number of nitrogens with zero attached hydrogens (tertiary/aromatic N) is 5. The summed E-state index contributed by atoms with van der Waals surface area (Å²) in [6.45, 7) is 2.06. The molecule has 0 saturated heterocycles. The predicted octanol–water partition coefficient (Wildman–Crippen LogP) is -0.225. The second-order valence-electron chi connectivity index (χ2n) is 3.54. The standard InChI is InChI=1S/C8H13N5O/c1-11(2)8(14)12-3-4-13-6-9-10-7(13)5-12/h6H,3-5H2,1-2H3. The van der Waals surface area contributed by atoms with E-state index in [1.807, 2.05) is 4.57 Å². The maximum atomic E-state index is 11.6. The van der Waals surface area contributed by atoms with Crippen LogP contribution in [0.4, 0.5) is 4.79 Å². The average Bonchev–Trinajstić information content (AvgIpc) is 2.62. The number of urea groups is 1. The van der Waals surface area contributed by atoms with Gasteiger partial charge in [-0.2, -0.15) is 0 Å². The van der Waals surface area contributed by atoms with E-state index in [0.29, 0.717) is 6.54 Å². The molecule has 0 aliphatic carbocycles. The Morgan fingerprint density at radius 1 is 1.50 bits per heavy atom. The molecule has 6 heteroatoms. The van der Waals surface area contributed by atoms with Crippen molar-refractivity contribution >= 4 is 6.03 Å². The largest absolute Gasteiger partial charge is 0.331 e. The lowest BCUT2D eigenvalue weighted by Gasteiger charge is -2.29. The monoisotopic (exact) mass is 195 g/mol. The average molecular weight is 195 g/mol. The van der Waals surface area contributed by atoms with Crippen LogP contribution in [-0.4, -0.2) is 51.2 Å². The first kappa shape index (κ1) is 8.98. The summed E-state index contributed by atoms with van der Waals surface area (Å²) in [4.78, 5) is 15.0. The van der Waals surface area contributed by atoms with Gasteiger partial charge in [0.05, 0.1) is 6.54 Å². The van der Waals surface area contributed by atoms with Gasteiger partial charge in [0.2, 0.25) is 0 Å². The van der Waals surface area contributed by atoms with E-state index in [2.05, 4.69) is 10.2 Å². The molecule has 2 rings (SSSR count). The summed E-state index contributed by atoms with van der Waals surface area (Å²) >= 11 is 0. The molecule has 0 atom stereocenters. The molecule has 14 heavy (non-hydrogen) atoms. The van der Waals surface area contributed by atoms with Crippen molar-refractivity contribution in [1.82, 2.24) is 24.6 Å². The zero-order valence-corrected chi connectivity index (χ0v) is 8.34. The van der Waals surface area contributed by atoms with Gasteiger partial charge in [-0.05, 0) is 0 Å². The summed E-state index contributed by atoms with van der Waals surface area (Å²) in [6, 6.07) is 0.0271. The van der Waals surface area contributed by atoms with E-state index < -0.39 is 0 Å². The third kappa shape index (κ3) is 1.43. The molecule has 0 unspecified atom stereocenters. The zero-order valence-electron chi connectivity index (χ0n) is 8.34. The second kappa shape index (κ2) is 3.28. The van der Waals surface area contributed by atoms with Crippen LogP contribution in [0.25, 0.3) is 0 Å². The fourth-order valence-corrected chi connectivity index (χ4v) is 1.51. The van der Waals surface area contributed by atoms with Crippen molar-refractivity contribution in [3.8, 4) is 0 Å². The molecule has 2 amide bonds. The van der Waals surface area contributed by atoms with Crippen molar-refractivity contribution < 1.29 is 4.79 Å². The van der Waals surface area contributed by atoms with Crippen molar-refractivity contribution in [3.63, 3.8) is 0 Å². The van der Waals surface area contributed by atoms with E-state index in [1.165, 1.54) is 0 Å². The van der Waals surface area contributed by atoms with Crippen molar-refractivity contribution in [2.75, 3.05) is 20.6 Å². The molecule has 76 valence electrons. The molecule has 0 saturated carbocycles. The summed E-state index contributed by atoms with van der Waals surface area (Å²) in [5.74, 6) is 0.853. The van der Waals surface area contributed by atoms with Gasteiger partial charge < -0.3 is 14.4 Å². The summed E-state index contributed by atoms with van der Waals surface area (Å²) in [7, 11) is 3.50. The number of hydrogen-bond donors (Lipinski definition) is 0. The fraction of sp³-hybridized carbons (Fsp3) is 0.625. The van der Waals surface area contributed by atoms with Gasteiger partial charge in [0, 0.05) is 27.2 Å². The van der Waals surface area contributed by atoms with E-state index in [1.54, 1.807) is 30.2 Å². The SMILES string of the molecule is CN(C)C(=O)N1CCn2cnnc2C1. The van der Waals surface area contributed by atoms with Crippen LogP contribution in [0, 0.1) is 0 Å². The molecule has 2 heterocycles. The van der Waals surface area contributed by atoms with Gasteiger partial charge in [-0.3, -0.25) is 0 Å². The number of hydrogen-bond acceptors (Lipinski definition) is 3. The normalized spacial score (nSPS) is 15.1. The number of fused-ring (bicyclic) bond motifs is 1. The zero-order chi connectivity index (χ0) is 10.1. The quantitative estimate of drug-likeness (QED) is 0.575. The molecule has 0 spiro atoms. The molecule has 0 fully saturated rings. The Balaban J connectivity index is 2.11. The first-order valence-electron chi connectivity index (χ1n) is 4.51. The van der Waals surface area contributed by atoms with Crippen LogP contribution in [0.5, 0.6) is 0 Å². The van der Waals surface area contributed by atoms with Gasteiger partial charge in [-0.25, -0.2) is 4.79 Å². The minimum absolute atomic E-state index is 0.0271. The number of carbonyl (C=O) groups is 1. The molecule has 1 aromatic rings. The third-order valence-electron chi connectivity index (χ3n) is 2.29. The Kier molecular flexibility index (Phi) is 2.11. The van der Waals surface area contributed by atoms with Gasteiger partial charge in [-0.15, -0.1) is 10.2 Å². The smallest absolute Gasteiger partial charge is 0.319 e. The highest BCUT2D eigenvalue weighted by molar-refractivity contribution is 5.73. The second-order valence-corrected chi connectivity index (χ2v) is 3.54. The third-order valence-corrected chi connectivity index (χ3v) is 2.29. The molecule has 0 bridgehead atoms. The van der Waals surface area contributed by atoms with Crippen molar-refractivity contribution in [2.24, 2.45) is 0 Å². The molecule has 6 nitrogen and oxygen atoms in total. The van der Waals surface area contributed by atoms with Gasteiger partial charge in [0.25, 0.3) is 0 Å². The number of aromatic nitrogens is 3. The Bertz CT molecular complexity index is 345. The topological polar surface area (TPSA) is 54.3 Å². The van der Waals surface area contributed by atoms with Crippen LogP contribution < -0.4 is 0 Å². The minimum atomic E-state index is 0.0271. The van der Waals surface area contributed by atoms with E-state index >= 15 is 0 Å². The maximum absolute atomic E-state index is 11.6. The van der Waals surface area contributed by atoms with E-state index in [0.717, 1.165) is 18.9 Å². The Hall–Kier alpha value is -1.59. The predicted molar refractivity (Wildman–Crippen MR) is 49.5 cm³/mol. The van der Waals surface area contributed by atoms with Crippen molar-refractivity contribution in [2.45, 2.75) is 13.1 Å². The highest BCUT2D eigenvalue weighted by atomic mass is 16.2. The minimum Gasteiger partial charge on any atom is -0.331 e. The summed E-state index contributed by atoms with van der Waals surface area (Å²) in [5.41, 5.74) is 0. The van der Waals surface area contributed by atoms with E-state index in [4.69, 9.17) is 0 Å². The Labute approximate surface area is 82.1 Å². The number of amides is 2. The molecule has 1 aliphatic rings. The van der Waals surface area contributed by atoms with E-state index in [9.17, 15) is 4.79 Å². The Morgan fingerprint density at radius 3 is 3.00 bits per heavy atom. The van der Waals surface area contributed by atoms with Crippen LogP contribution >= 0.6 is 0 Å². The lowest BCUT2D eigenvalue weighted by molar-refractivity contribution is 0.156. The summed E-state index contributed by atoms with van der Waals surface area (Å²) in [5, 5.41) is 7.75. The summed E-state index contributed by atoms with van der Waals surface area (Å²) < 4.78 is 1.97. The van der Waals surface area contributed by atoms with Crippen LogP contribution in [0.3, 0.4) is 0 Å². The maximum Gasteiger partial charge on any atom is 0.319 e. The first-order valence-corrected chi connectivity index (χ1v) is 4.51. The number of rotatable bonds is 0. The lowest BCUT2D eigenvalue weighted by Crippen LogP contribution is -2.43. The van der Waals surface area contributed by atoms with Gasteiger partial charge in [-0.1, -0.05) is 0 Å². The molecule has 0 aromatic carbocycles. The Morgan fingerprint density at radius 2 is 2.29 bits per heavy atom. The van der Waals surface area contributed by atoms with Crippen LogP contribution in [-0.2, 0) is 13.1 Å². The molecular weight excluding hydrogens is 182 g/mol. The van der Waals surface area contributed by atoms with Gasteiger partial charge in [0.1, 0.15) is 6.33 Å². The fourth-order valence-electron chi connectivity index (χ4n) is 1.51. The van der Waals surface area contributed by atoms with Gasteiger partial charge in [0.15, 0.2) is 5.82 Å². The van der Waals surface area contributed by atoms with Crippen molar-refractivity contribution in [3.05, 3.63) is 12.2 Å². The molecule has 0 N–H and O–H groups in total. The van der Waals surface area contributed by atoms with Crippen LogP contribution in [0.2, 0.25) is 0 Å². The molecule has 0 radical (unpaired) electrons. The van der Waals surface area contributed by atoms with E-state index in [-0.39, 0.29) is 6.03 Å². The molecular formula is C8H13N5O. The van der Waals surface area contributed by atoms with Crippen molar-refractivity contribution in [1.29, 1.82) is 0 Å².